The van der Waals surface area contributed by atoms with E-state index in [2.05, 4.69) is 26.0 Å². The van der Waals surface area contributed by atoms with Crippen molar-refractivity contribution < 1.29 is 23.8 Å². The number of nitrogens with zero attached hydrogens (tertiary/aromatic N) is 3. The van der Waals surface area contributed by atoms with Gasteiger partial charge in [-0.1, -0.05) is 28.0 Å². The standard InChI is InChI=1S/C11H16BrN3O5/c1-5-9(14-15-13)11(12)20-8(4-18-6(2)16)10(5)19-7(3)17/h5,8-11H,4H2,1-3H3/t5-,8?,9?,10-,11+/m1/s1. The second-order valence-corrected chi connectivity index (χ2v) is 5.36. The minimum atomic E-state index is -0.656. The van der Waals surface area contributed by atoms with Gasteiger partial charge in [0.2, 0.25) is 0 Å². The van der Waals surface area contributed by atoms with E-state index in [1.807, 2.05) is 0 Å². The zero-order valence-corrected chi connectivity index (χ0v) is 12.9. The Kier molecular flexibility index (Phi) is 6.25. The second kappa shape index (κ2) is 7.47. The minimum absolute atomic E-state index is 0.0390. The maximum absolute atomic E-state index is 11.2. The zero-order valence-electron chi connectivity index (χ0n) is 11.4. The van der Waals surface area contributed by atoms with Gasteiger partial charge in [0.1, 0.15) is 23.8 Å². The number of ether oxygens (including phenoxy) is 3. The Bertz CT molecular complexity index is 426. The summed E-state index contributed by atoms with van der Waals surface area (Å²) < 4.78 is 15.7. The van der Waals surface area contributed by atoms with Crippen molar-refractivity contribution in [2.45, 2.75) is 44.0 Å². The van der Waals surface area contributed by atoms with Crippen molar-refractivity contribution in [2.24, 2.45) is 11.0 Å². The molecule has 0 aromatic rings. The summed E-state index contributed by atoms with van der Waals surface area (Å²) in [5.41, 5.74) is 8.57. The van der Waals surface area contributed by atoms with Gasteiger partial charge < -0.3 is 14.2 Å². The van der Waals surface area contributed by atoms with Crippen LogP contribution in [0.1, 0.15) is 20.8 Å². The lowest BCUT2D eigenvalue weighted by Crippen LogP contribution is -2.53. The van der Waals surface area contributed by atoms with Crippen molar-refractivity contribution in [2.75, 3.05) is 6.61 Å². The fraction of sp³-hybridized carbons (Fsp3) is 0.818. The molecule has 1 aliphatic rings. The van der Waals surface area contributed by atoms with Gasteiger partial charge in [-0.25, -0.2) is 0 Å². The molecule has 0 N–H and O–H groups in total. The van der Waals surface area contributed by atoms with E-state index in [0.29, 0.717) is 0 Å². The number of carbonyl (C=O) groups excluding carboxylic acids is 2. The molecule has 2 unspecified atom stereocenters. The fourth-order valence-electron chi connectivity index (χ4n) is 2.02. The Morgan fingerprint density at radius 3 is 2.55 bits per heavy atom. The fourth-order valence-corrected chi connectivity index (χ4v) is 2.89. The lowest BCUT2D eigenvalue weighted by molar-refractivity contribution is -0.184. The van der Waals surface area contributed by atoms with Gasteiger partial charge >= 0.3 is 11.9 Å². The smallest absolute Gasteiger partial charge is 0.303 e. The monoisotopic (exact) mass is 349 g/mol. The minimum Gasteiger partial charge on any atom is -0.463 e. The van der Waals surface area contributed by atoms with Gasteiger partial charge in [0.05, 0.1) is 6.04 Å². The summed E-state index contributed by atoms with van der Waals surface area (Å²) in [7, 11) is 0. The number of azide groups is 1. The van der Waals surface area contributed by atoms with Crippen LogP contribution >= 0.6 is 15.9 Å². The van der Waals surface area contributed by atoms with Crippen LogP contribution < -0.4 is 0 Å². The van der Waals surface area contributed by atoms with E-state index in [-0.39, 0.29) is 12.5 Å². The molecule has 0 aliphatic carbocycles. The van der Waals surface area contributed by atoms with Crippen molar-refractivity contribution in [3.8, 4) is 0 Å². The molecule has 1 saturated heterocycles. The number of halogens is 1. The maximum Gasteiger partial charge on any atom is 0.303 e. The normalized spacial score (nSPS) is 32.9. The molecule has 0 radical (unpaired) electrons. The number of alkyl halides is 1. The van der Waals surface area contributed by atoms with E-state index in [0.717, 1.165) is 0 Å². The molecule has 1 rings (SSSR count). The van der Waals surface area contributed by atoms with E-state index < -0.39 is 35.2 Å². The third-order valence-electron chi connectivity index (χ3n) is 2.93. The van der Waals surface area contributed by atoms with Crippen LogP contribution in [0.3, 0.4) is 0 Å². The van der Waals surface area contributed by atoms with Crippen LogP contribution in [0.2, 0.25) is 0 Å². The van der Waals surface area contributed by atoms with Gasteiger partial charge in [-0.05, 0) is 5.53 Å². The van der Waals surface area contributed by atoms with E-state index in [1.54, 1.807) is 6.92 Å². The zero-order chi connectivity index (χ0) is 15.3. The Morgan fingerprint density at radius 1 is 1.40 bits per heavy atom. The highest BCUT2D eigenvalue weighted by Crippen LogP contribution is 2.33. The summed E-state index contributed by atoms with van der Waals surface area (Å²) in [5.74, 6) is -1.22. The summed E-state index contributed by atoms with van der Waals surface area (Å²) in [4.78, 5) is 24.8. The van der Waals surface area contributed by atoms with Crippen LogP contribution in [0, 0.1) is 5.92 Å². The number of hydrogen-bond donors (Lipinski definition) is 0. The largest absolute Gasteiger partial charge is 0.463 e. The number of rotatable bonds is 4. The number of hydrogen-bond acceptors (Lipinski definition) is 6. The molecule has 1 heterocycles. The predicted octanol–water partition coefficient (Wildman–Crippen LogP) is 1.92. The first-order valence-electron chi connectivity index (χ1n) is 6.01. The molecule has 0 bridgehead atoms. The highest BCUT2D eigenvalue weighted by Gasteiger charge is 2.44. The third kappa shape index (κ3) is 4.36. The summed E-state index contributed by atoms with van der Waals surface area (Å²) in [6.45, 7) is 4.30. The van der Waals surface area contributed by atoms with Gasteiger partial charge in [-0.15, -0.1) is 0 Å². The average molecular weight is 350 g/mol. The van der Waals surface area contributed by atoms with Gasteiger partial charge in [-0.2, -0.15) is 0 Å². The molecule has 8 nitrogen and oxygen atoms in total. The predicted molar refractivity (Wildman–Crippen MR) is 71.9 cm³/mol. The van der Waals surface area contributed by atoms with Crippen molar-refractivity contribution in [3.63, 3.8) is 0 Å². The molecule has 0 aromatic heterocycles. The summed E-state index contributed by atoms with van der Waals surface area (Å²) in [6.07, 6.45) is -1.27. The summed E-state index contributed by atoms with van der Waals surface area (Å²) in [6, 6.07) is -0.530. The summed E-state index contributed by atoms with van der Waals surface area (Å²) in [5, 5.41) is 3.10. The van der Waals surface area contributed by atoms with Gasteiger partial charge in [-0.3, -0.25) is 9.59 Å². The molecular formula is C11H16BrN3O5. The number of esters is 2. The quantitative estimate of drug-likeness (QED) is 0.253. The average Bonchev–Trinajstić information content (AvgIpc) is 2.35. The highest BCUT2D eigenvalue weighted by atomic mass is 79.9. The van der Waals surface area contributed by atoms with Crippen molar-refractivity contribution in [1.82, 2.24) is 0 Å². The van der Waals surface area contributed by atoms with Crippen LogP contribution in [0.15, 0.2) is 5.11 Å². The van der Waals surface area contributed by atoms with Crippen LogP contribution in [0.25, 0.3) is 10.4 Å². The van der Waals surface area contributed by atoms with Crippen molar-refractivity contribution >= 4 is 27.9 Å². The molecule has 1 aliphatic heterocycles. The molecule has 1 fully saturated rings. The first kappa shape index (κ1) is 16.7. The SMILES string of the molecule is CC(=O)OCC1O[C@H](Br)C(N=[N+]=[N-])[C@@H](C)[C@H]1OC(C)=O. The van der Waals surface area contributed by atoms with Gasteiger partial charge in [0, 0.05) is 24.7 Å². The lowest BCUT2D eigenvalue weighted by atomic mass is 9.90. The van der Waals surface area contributed by atoms with Crippen LogP contribution in [0.4, 0.5) is 0 Å². The van der Waals surface area contributed by atoms with E-state index >= 15 is 0 Å². The second-order valence-electron chi connectivity index (χ2n) is 4.46. The van der Waals surface area contributed by atoms with Crippen LogP contribution in [0.5, 0.6) is 0 Å². The topological polar surface area (TPSA) is 111 Å². The van der Waals surface area contributed by atoms with Crippen molar-refractivity contribution in [1.29, 1.82) is 0 Å². The van der Waals surface area contributed by atoms with Crippen LogP contribution in [-0.4, -0.2) is 41.8 Å². The molecule has 20 heavy (non-hydrogen) atoms. The lowest BCUT2D eigenvalue weighted by Gasteiger charge is -2.41. The summed E-state index contributed by atoms with van der Waals surface area (Å²) >= 11 is 3.27. The highest BCUT2D eigenvalue weighted by molar-refractivity contribution is 9.09. The van der Waals surface area contributed by atoms with E-state index in [9.17, 15) is 9.59 Å². The molecular weight excluding hydrogens is 334 g/mol. The van der Waals surface area contributed by atoms with E-state index in [1.165, 1.54) is 13.8 Å². The maximum atomic E-state index is 11.2. The first-order chi connectivity index (χ1) is 9.36. The molecule has 0 saturated carbocycles. The van der Waals surface area contributed by atoms with E-state index in [4.69, 9.17) is 19.7 Å². The molecule has 0 aromatic carbocycles. The van der Waals surface area contributed by atoms with Crippen LogP contribution in [-0.2, 0) is 23.8 Å². The van der Waals surface area contributed by atoms with Crippen molar-refractivity contribution in [3.05, 3.63) is 10.4 Å². The third-order valence-corrected chi connectivity index (χ3v) is 3.69. The molecule has 9 heteroatoms. The molecule has 0 amide bonds. The van der Waals surface area contributed by atoms with Gasteiger partial charge in [0.25, 0.3) is 0 Å². The number of carbonyl (C=O) groups is 2. The Balaban J connectivity index is 2.89. The molecule has 112 valence electrons. The Labute approximate surface area is 124 Å². The molecule has 0 spiro atoms. The Hall–Kier alpha value is -1.31. The van der Waals surface area contributed by atoms with Gasteiger partial charge in [0.15, 0.2) is 0 Å². The first-order valence-corrected chi connectivity index (χ1v) is 6.92. The Morgan fingerprint density at radius 2 is 2.05 bits per heavy atom. The molecule has 5 atom stereocenters.